The molecule has 0 aromatic carbocycles. The van der Waals surface area contributed by atoms with Crippen LogP contribution in [0.3, 0.4) is 0 Å². The second-order valence-corrected chi connectivity index (χ2v) is 29.3. The minimum absolute atomic E-state index is 0.192. The Morgan fingerprint density at radius 3 is 1.25 bits per heavy atom. The van der Waals surface area contributed by atoms with E-state index in [0.717, 1.165) is 0 Å². The van der Waals surface area contributed by atoms with Gasteiger partial charge in [0, 0.05) is 0 Å². The minimum Gasteiger partial charge on any atom is -0.432 e. The molecule has 576 valence electrons. The van der Waals surface area contributed by atoms with Crippen LogP contribution in [0.4, 0.5) is 0 Å². The highest BCUT2D eigenvalue weighted by Crippen LogP contribution is 2.74. The van der Waals surface area contributed by atoms with Crippen molar-refractivity contribution >= 4 is 5.97 Å². The van der Waals surface area contributed by atoms with Crippen LogP contribution in [-0.4, -0.2) is 390 Å². The van der Waals surface area contributed by atoms with Crippen LogP contribution in [0.5, 0.6) is 0 Å². The van der Waals surface area contributed by atoms with Crippen molar-refractivity contribution in [1.82, 2.24) is 0 Å². The summed E-state index contributed by atoms with van der Waals surface area (Å²) in [4.78, 5) is 15.8. The summed E-state index contributed by atoms with van der Waals surface area (Å²) >= 11 is 0. The molecule has 100 heavy (non-hydrogen) atoms. The second kappa shape index (κ2) is 31.2. The number of rotatable bonds is 21. The fourth-order valence-corrected chi connectivity index (χ4v) is 17.8. The van der Waals surface area contributed by atoms with Crippen molar-refractivity contribution in [3.63, 3.8) is 0 Å². The van der Waals surface area contributed by atoms with Gasteiger partial charge in [0.25, 0.3) is 0 Å². The average Bonchev–Trinajstić information content (AvgIpc) is 1.45. The van der Waals surface area contributed by atoms with Gasteiger partial charge in [0.15, 0.2) is 43.8 Å². The van der Waals surface area contributed by atoms with Crippen LogP contribution in [0.25, 0.3) is 0 Å². The molecular weight excluding hydrogens is 1350 g/mol. The van der Waals surface area contributed by atoms with Gasteiger partial charge < -0.3 is 184 Å². The molecule has 11 aliphatic rings. The molecule has 23 N–H and O–H groups in total. The second-order valence-electron chi connectivity index (χ2n) is 29.3. The third-order valence-electron chi connectivity index (χ3n) is 23.4. The van der Waals surface area contributed by atoms with E-state index in [0.29, 0.717) is 44.1 Å². The zero-order valence-corrected chi connectivity index (χ0v) is 54.8. The topological polar surface area (TPSA) is 612 Å². The zero-order chi connectivity index (χ0) is 72.7. The minimum atomic E-state index is -2.17. The van der Waals surface area contributed by atoms with Gasteiger partial charge in [-0.25, -0.2) is 0 Å². The number of hydrogen-bond donors (Lipinski definition) is 23. The van der Waals surface area contributed by atoms with E-state index in [2.05, 4.69) is 13.5 Å². The third-order valence-corrected chi connectivity index (χ3v) is 23.4. The molecule has 0 amide bonds. The molecule has 11 rings (SSSR count). The lowest BCUT2D eigenvalue weighted by Gasteiger charge is -2.64. The molecule has 2 bridgehead atoms. The Balaban J connectivity index is 0.877. The summed E-state index contributed by atoms with van der Waals surface area (Å²) in [5, 5.41) is 249. The molecule has 0 aromatic rings. The molecule has 7 aliphatic heterocycles. The van der Waals surface area contributed by atoms with E-state index in [9.17, 15) is 117 Å². The predicted octanol–water partition coefficient (Wildman–Crippen LogP) is -11.6. The molecule has 0 aromatic heterocycles. The highest BCUT2D eigenvalue weighted by Gasteiger charge is 2.70. The first-order valence-corrected chi connectivity index (χ1v) is 33.9. The van der Waals surface area contributed by atoms with Gasteiger partial charge in [0.1, 0.15) is 165 Å². The zero-order valence-electron chi connectivity index (χ0n) is 54.8. The van der Waals surface area contributed by atoms with Gasteiger partial charge in [0.05, 0.1) is 57.3 Å². The Labute approximate surface area is 571 Å². The summed E-state index contributed by atoms with van der Waals surface area (Å²) in [5.41, 5.74) is -3.54. The van der Waals surface area contributed by atoms with Crippen molar-refractivity contribution < 1.29 is 189 Å². The van der Waals surface area contributed by atoms with Crippen molar-refractivity contribution in [2.24, 2.45) is 28.1 Å². The molecule has 7 heterocycles. The van der Waals surface area contributed by atoms with Crippen molar-refractivity contribution in [1.29, 1.82) is 0 Å². The summed E-state index contributed by atoms with van der Waals surface area (Å²) in [6.45, 7) is 1.97. The quantitative estimate of drug-likeness (QED) is 0.0288. The van der Waals surface area contributed by atoms with Crippen LogP contribution in [0, 0.1) is 28.1 Å². The van der Waals surface area contributed by atoms with Crippen LogP contribution in [-0.2, 0) is 71.1 Å². The smallest absolute Gasteiger partial charge is 0.314 e. The normalized spacial score (nSPS) is 54.5. The summed E-state index contributed by atoms with van der Waals surface area (Å²) in [7, 11) is 0. The van der Waals surface area contributed by atoms with E-state index in [1.165, 1.54) is 0 Å². The largest absolute Gasteiger partial charge is 0.432 e. The van der Waals surface area contributed by atoms with Crippen molar-refractivity contribution in [3.8, 4) is 0 Å². The molecule has 4 saturated carbocycles. The van der Waals surface area contributed by atoms with E-state index in [-0.39, 0.29) is 25.2 Å². The van der Waals surface area contributed by atoms with Crippen LogP contribution < -0.4 is 0 Å². The lowest BCUT2D eigenvalue weighted by atomic mass is 9.41. The number of ether oxygens (including phenoxy) is 14. The van der Waals surface area contributed by atoms with Crippen molar-refractivity contribution in [2.45, 2.75) is 292 Å². The van der Waals surface area contributed by atoms with E-state index in [4.69, 9.17) is 66.3 Å². The van der Waals surface area contributed by atoms with Crippen molar-refractivity contribution in [3.05, 3.63) is 12.2 Å². The fraction of sp³-hybridized carbons (Fsp3) is 0.952. The number of carbonyl (C=O) groups is 1. The van der Waals surface area contributed by atoms with Gasteiger partial charge in [0.2, 0.25) is 6.29 Å². The Kier molecular flexibility index (Phi) is 24.6. The molecule has 11 fully saturated rings. The van der Waals surface area contributed by atoms with E-state index in [1.54, 1.807) is 6.92 Å². The maximum atomic E-state index is 15.8. The highest BCUT2D eigenvalue weighted by atomic mass is 16.8. The maximum absolute atomic E-state index is 15.8. The molecule has 38 heteroatoms. The van der Waals surface area contributed by atoms with Gasteiger partial charge in [-0.05, 0) is 86.5 Å². The first kappa shape index (κ1) is 78.8. The molecule has 0 unspecified atom stereocenters. The van der Waals surface area contributed by atoms with Gasteiger partial charge in [-0.1, -0.05) is 19.9 Å². The highest BCUT2D eigenvalue weighted by molar-refractivity contribution is 5.77. The van der Waals surface area contributed by atoms with Gasteiger partial charge in [-0.15, -0.1) is 0 Å². The average molecular weight is 1450 g/mol. The molecule has 1 spiro atoms. The van der Waals surface area contributed by atoms with Crippen LogP contribution in [0.15, 0.2) is 12.2 Å². The number of carbonyl (C=O) groups excluding carboxylic acids is 1. The number of esters is 1. The fourth-order valence-electron chi connectivity index (χ4n) is 17.8. The summed E-state index contributed by atoms with van der Waals surface area (Å²) in [6.07, 6.45) is -63.4. The number of aliphatic hydroxyl groups excluding tert-OH is 23. The first-order chi connectivity index (χ1) is 47.3. The predicted molar refractivity (Wildman–Crippen MR) is 317 cm³/mol. The van der Waals surface area contributed by atoms with Crippen LogP contribution >= 0.6 is 0 Å². The monoisotopic (exact) mass is 1450 g/mol. The van der Waals surface area contributed by atoms with E-state index in [1.807, 2.05) is 0 Å². The lowest BCUT2D eigenvalue weighted by Crippen LogP contribution is -2.68. The van der Waals surface area contributed by atoms with Gasteiger partial charge in [-0.2, -0.15) is 0 Å². The van der Waals surface area contributed by atoms with E-state index >= 15 is 4.79 Å². The SMILES string of the molecule is C=C1C[C@@]23CC[C@H]4[C@@](C)(CCC[C@@]4(C)C(=O)O[C@@H]4O[C@H](CO[C@@H]5O[C@H](CO)[C@@H](O)[C@H](O)[C@H]5O)[C@@H](O)[C@H](O[C@@H]5O[C@H](CO)[C@@H](O)[C@H](O)[C@H]5O)[C@H]4O[C@@H]4O[C@H](CO)[C@@H](O)[C@H](O)[C@H]4O)[C@@H]2CC[C@]1(O[C@@H]1O[C@H](CO)[C@@H](O[C@@H]2O[C@H](CO)[C@@H](O)[C@H](O)[C@H]2O)[C@H](O)[C@H]1O[C@@H]1O[C@H](CO)[C@@H](O)[C@H](O)[C@H]1O)C3. The van der Waals surface area contributed by atoms with Gasteiger partial charge >= 0.3 is 5.97 Å². The number of aliphatic hydroxyl groups is 23. The number of hydrogen-bond acceptors (Lipinski definition) is 38. The van der Waals surface area contributed by atoms with Gasteiger partial charge in [-0.3, -0.25) is 4.79 Å². The molecule has 4 aliphatic carbocycles. The third kappa shape index (κ3) is 14.1. The number of fused-ring (bicyclic) bond motifs is 3. The van der Waals surface area contributed by atoms with Crippen LogP contribution in [0.2, 0.25) is 0 Å². The maximum Gasteiger partial charge on any atom is 0.314 e. The van der Waals surface area contributed by atoms with E-state index < -0.39 is 295 Å². The Morgan fingerprint density at radius 1 is 0.400 bits per heavy atom. The summed E-state index contributed by atoms with van der Waals surface area (Å²) < 4.78 is 84.8. The van der Waals surface area contributed by atoms with Crippen molar-refractivity contribution in [2.75, 3.05) is 46.2 Å². The molecule has 38 nitrogen and oxygen atoms in total. The molecule has 41 atom stereocenters. The molecule has 7 saturated heterocycles. The Hall–Kier alpha value is -2.23. The molecule has 0 radical (unpaired) electrons. The Morgan fingerprint density at radius 2 is 0.790 bits per heavy atom. The first-order valence-electron chi connectivity index (χ1n) is 33.9. The van der Waals surface area contributed by atoms with Crippen LogP contribution in [0.1, 0.15) is 71.6 Å². The lowest BCUT2D eigenvalue weighted by molar-refractivity contribution is -0.395. The molecular formula is C62H100O38. The summed E-state index contributed by atoms with van der Waals surface area (Å²) in [6, 6.07) is 0. The summed E-state index contributed by atoms with van der Waals surface area (Å²) in [5.74, 6) is -1.67. The standard InChI is InChI=1S/C62H100O38/c1-20-11-61-9-5-28-59(2,29(61)6-10-62(20,19-61)100-57-49(97-54-44(83)39(78)33(72)24(15-66)91-54)46(85)47(26(17-68)93-57)95-52-42(81)37(76)31(70)22(13-64)89-52)7-4-8-60(28,3)58(86)99-56-50(98-55-45(84)40(79)34(73)25(16-67)92-55)48(96-53-43(82)38(77)32(71)23(14-65)90-53)35(74)27(94-56)18-87-51-41(80)36(75)30(69)21(12-63)88-51/h21-57,63-85H,1,4-19H2,2-3H3/t21-,22-,23-,24-,25-,26-,27-,28+,29+,30-,31-,32-,33-,34-,35-,36+,37+,38+,39+,40+,41-,42-,43-,44-,45-,46+,47-,48+,49-,50-,51-,52+,53+,54+,55+,56+,57+,59-,60-,61-,62+/m1/s1. The Bertz CT molecular complexity index is 2720.